The Bertz CT molecular complexity index is 570. The van der Waals surface area contributed by atoms with Crippen molar-refractivity contribution < 1.29 is 0 Å². The topological polar surface area (TPSA) is 45.8 Å². The summed E-state index contributed by atoms with van der Waals surface area (Å²) in [4.78, 5) is 18.9. The van der Waals surface area contributed by atoms with E-state index < -0.39 is 0 Å². The van der Waals surface area contributed by atoms with Crippen LogP contribution in [0, 0.1) is 5.92 Å². The van der Waals surface area contributed by atoms with E-state index in [0.29, 0.717) is 5.92 Å². The molecule has 1 heterocycles. The number of H-pyrrole nitrogens is 1. The second-order valence-corrected chi connectivity index (χ2v) is 4.57. The van der Waals surface area contributed by atoms with Crippen molar-refractivity contribution in [2.45, 2.75) is 19.3 Å². The van der Waals surface area contributed by atoms with E-state index in [1.165, 1.54) is 19.2 Å². The van der Waals surface area contributed by atoms with E-state index in [1.54, 1.807) is 0 Å². The lowest BCUT2D eigenvalue weighted by Crippen LogP contribution is -2.15. The van der Waals surface area contributed by atoms with Gasteiger partial charge in [-0.05, 0) is 25.2 Å². The Kier molecular flexibility index (Phi) is 2.52. The number of benzene rings is 1. The third kappa shape index (κ3) is 2.13. The number of hydrogen-bond donors (Lipinski definition) is 1. The molecule has 0 bridgehead atoms. The minimum Gasteiger partial charge on any atom is -0.313 e. The van der Waals surface area contributed by atoms with Crippen LogP contribution in [0.25, 0.3) is 11.3 Å². The molecule has 0 spiro atoms. The van der Waals surface area contributed by atoms with Crippen LogP contribution in [0.1, 0.15) is 18.4 Å². The van der Waals surface area contributed by atoms with Gasteiger partial charge in [0.2, 0.25) is 0 Å². The third-order valence-electron chi connectivity index (χ3n) is 3.19. The zero-order chi connectivity index (χ0) is 11.7. The molecule has 0 aliphatic heterocycles. The average Bonchev–Trinajstić information content (AvgIpc) is 3.17. The Labute approximate surface area is 99.5 Å². The van der Waals surface area contributed by atoms with Crippen molar-refractivity contribution >= 4 is 0 Å². The molecule has 1 aliphatic rings. The van der Waals surface area contributed by atoms with E-state index in [1.807, 2.05) is 30.3 Å². The summed E-state index contributed by atoms with van der Waals surface area (Å²) in [5, 5.41) is 0. The number of rotatable bonds is 3. The first-order chi connectivity index (χ1) is 8.34. The van der Waals surface area contributed by atoms with Crippen molar-refractivity contribution in [3.05, 3.63) is 52.6 Å². The molecule has 1 aromatic carbocycles. The molecule has 2 aromatic rings. The highest BCUT2D eigenvalue weighted by atomic mass is 16.1. The van der Waals surface area contributed by atoms with Gasteiger partial charge in [-0.15, -0.1) is 0 Å². The molecule has 0 atom stereocenters. The second-order valence-electron chi connectivity index (χ2n) is 4.57. The molecule has 0 amide bonds. The van der Waals surface area contributed by atoms with Crippen LogP contribution in [0.4, 0.5) is 0 Å². The van der Waals surface area contributed by atoms with E-state index in [4.69, 9.17) is 0 Å². The summed E-state index contributed by atoms with van der Waals surface area (Å²) in [5.41, 5.74) is 2.70. The fourth-order valence-electron chi connectivity index (χ4n) is 2.07. The predicted octanol–water partition coefficient (Wildman–Crippen LogP) is 2.39. The Hall–Kier alpha value is -1.90. The molecule has 86 valence electrons. The molecule has 3 heteroatoms. The van der Waals surface area contributed by atoms with Gasteiger partial charge in [0.15, 0.2) is 0 Å². The molecule has 0 unspecified atom stereocenters. The second kappa shape index (κ2) is 4.17. The van der Waals surface area contributed by atoms with E-state index >= 15 is 0 Å². The maximum absolute atomic E-state index is 11.9. The van der Waals surface area contributed by atoms with E-state index in [-0.39, 0.29) is 5.56 Å². The van der Waals surface area contributed by atoms with Gasteiger partial charge in [0.1, 0.15) is 0 Å². The number of nitrogens with zero attached hydrogens (tertiary/aromatic N) is 1. The summed E-state index contributed by atoms with van der Waals surface area (Å²) in [6.45, 7) is 0. The lowest BCUT2D eigenvalue weighted by atomic mass is 10.0. The van der Waals surface area contributed by atoms with Gasteiger partial charge >= 0.3 is 0 Å². The number of hydrogen-bond acceptors (Lipinski definition) is 2. The van der Waals surface area contributed by atoms with Crippen molar-refractivity contribution in [3.8, 4) is 11.3 Å². The number of aromatic amines is 1. The van der Waals surface area contributed by atoms with Crippen LogP contribution < -0.4 is 5.56 Å². The molecule has 17 heavy (non-hydrogen) atoms. The van der Waals surface area contributed by atoms with E-state index in [0.717, 1.165) is 23.2 Å². The first-order valence-electron chi connectivity index (χ1n) is 5.96. The van der Waals surface area contributed by atoms with Crippen LogP contribution in [-0.4, -0.2) is 9.97 Å². The van der Waals surface area contributed by atoms with Gasteiger partial charge in [0, 0.05) is 11.1 Å². The van der Waals surface area contributed by atoms with Crippen LogP contribution in [0.2, 0.25) is 0 Å². The molecule has 1 fully saturated rings. The van der Waals surface area contributed by atoms with Crippen molar-refractivity contribution in [2.24, 2.45) is 5.92 Å². The molecule has 1 saturated carbocycles. The molecule has 3 nitrogen and oxygen atoms in total. The lowest BCUT2D eigenvalue weighted by molar-refractivity contribution is 0.812. The lowest BCUT2D eigenvalue weighted by Gasteiger charge is -2.06. The van der Waals surface area contributed by atoms with Gasteiger partial charge in [0.05, 0.1) is 12.0 Å². The van der Waals surface area contributed by atoms with Crippen LogP contribution in [-0.2, 0) is 6.42 Å². The van der Waals surface area contributed by atoms with E-state index in [9.17, 15) is 4.79 Å². The standard InChI is InChI=1S/C14H14N2O/c17-14-12(8-10-6-7-10)13(15-9-16-14)11-4-2-1-3-5-11/h1-5,9-10H,6-8H2,(H,15,16,17). The predicted molar refractivity (Wildman–Crippen MR) is 66.7 cm³/mol. The molecule has 0 radical (unpaired) electrons. The Morgan fingerprint density at radius 2 is 2.00 bits per heavy atom. The van der Waals surface area contributed by atoms with Crippen LogP contribution >= 0.6 is 0 Å². The number of aromatic nitrogens is 2. The Morgan fingerprint density at radius 3 is 2.71 bits per heavy atom. The minimum atomic E-state index is 0.00533. The highest BCUT2D eigenvalue weighted by molar-refractivity contribution is 5.62. The zero-order valence-corrected chi connectivity index (χ0v) is 9.52. The molecular formula is C14H14N2O. The SMILES string of the molecule is O=c1[nH]cnc(-c2ccccc2)c1CC1CC1. The highest BCUT2D eigenvalue weighted by Gasteiger charge is 2.24. The maximum Gasteiger partial charge on any atom is 0.254 e. The van der Waals surface area contributed by atoms with Crippen molar-refractivity contribution in [3.63, 3.8) is 0 Å². The quantitative estimate of drug-likeness (QED) is 0.873. The van der Waals surface area contributed by atoms with Crippen LogP contribution in [0.3, 0.4) is 0 Å². The maximum atomic E-state index is 11.9. The first kappa shape index (κ1) is 10.3. The molecule has 1 aliphatic carbocycles. The van der Waals surface area contributed by atoms with Crippen molar-refractivity contribution in [2.75, 3.05) is 0 Å². The summed E-state index contributed by atoms with van der Waals surface area (Å²) < 4.78 is 0. The van der Waals surface area contributed by atoms with Gasteiger partial charge < -0.3 is 4.98 Å². The smallest absolute Gasteiger partial charge is 0.254 e. The van der Waals surface area contributed by atoms with Crippen LogP contribution in [0.15, 0.2) is 41.5 Å². The van der Waals surface area contributed by atoms with Gasteiger partial charge in [-0.25, -0.2) is 4.98 Å². The summed E-state index contributed by atoms with van der Waals surface area (Å²) in [6, 6.07) is 9.91. The molecule has 1 aromatic heterocycles. The monoisotopic (exact) mass is 226 g/mol. The Balaban J connectivity index is 2.09. The molecule has 0 saturated heterocycles. The van der Waals surface area contributed by atoms with Gasteiger partial charge in [-0.3, -0.25) is 4.79 Å². The van der Waals surface area contributed by atoms with Crippen molar-refractivity contribution in [1.82, 2.24) is 9.97 Å². The largest absolute Gasteiger partial charge is 0.313 e. The summed E-state index contributed by atoms with van der Waals surface area (Å²) in [5.74, 6) is 0.683. The van der Waals surface area contributed by atoms with Gasteiger partial charge in [-0.1, -0.05) is 30.3 Å². The van der Waals surface area contributed by atoms with E-state index in [2.05, 4.69) is 9.97 Å². The fraction of sp³-hybridized carbons (Fsp3) is 0.286. The molecular weight excluding hydrogens is 212 g/mol. The fourth-order valence-corrected chi connectivity index (χ4v) is 2.07. The van der Waals surface area contributed by atoms with Crippen molar-refractivity contribution in [1.29, 1.82) is 0 Å². The third-order valence-corrected chi connectivity index (χ3v) is 3.19. The van der Waals surface area contributed by atoms with Gasteiger partial charge in [0.25, 0.3) is 5.56 Å². The highest BCUT2D eigenvalue weighted by Crippen LogP contribution is 2.33. The summed E-state index contributed by atoms with van der Waals surface area (Å²) >= 11 is 0. The zero-order valence-electron chi connectivity index (χ0n) is 9.52. The minimum absolute atomic E-state index is 0.00533. The molecule has 1 N–H and O–H groups in total. The first-order valence-corrected chi connectivity index (χ1v) is 5.96. The summed E-state index contributed by atoms with van der Waals surface area (Å²) in [6.07, 6.45) is 4.82. The summed E-state index contributed by atoms with van der Waals surface area (Å²) in [7, 11) is 0. The normalized spacial score (nSPS) is 14.8. The number of nitrogens with one attached hydrogen (secondary N) is 1. The molecule has 3 rings (SSSR count). The average molecular weight is 226 g/mol. The van der Waals surface area contributed by atoms with Gasteiger partial charge in [-0.2, -0.15) is 0 Å². The van der Waals surface area contributed by atoms with Crippen LogP contribution in [0.5, 0.6) is 0 Å². The Morgan fingerprint density at radius 1 is 1.24 bits per heavy atom.